The summed E-state index contributed by atoms with van der Waals surface area (Å²) in [4.78, 5) is 10.9. The van der Waals surface area contributed by atoms with Gasteiger partial charge in [0.25, 0.3) is 0 Å². The van der Waals surface area contributed by atoms with Crippen LogP contribution in [0.2, 0.25) is 0 Å². The quantitative estimate of drug-likeness (QED) is 0.429. The van der Waals surface area contributed by atoms with Gasteiger partial charge in [-0.2, -0.15) is 0 Å². The predicted octanol–water partition coefficient (Wildman–Crippen LogP) is 1.32. The Morgan fingerprint density at radius 1 is 1.60 bits per heavy atom. The third kappa shape index (κ3) is 3.31. The molecule has 0 aromatic heterocycles. The summed E-state index contributed by atoms with van der Waals surface area (Å²) in [5, 5.41) is 0. The Kier molecular flexibility index (Phi) is 3.69. The zero-order chi connectivity index (χ0) is 11.3. The highest BCUT2D eigenvalue weighted by molar-refractivity contribution is 5.89. The zero-order valence-corrected chi connectivity index (χ0v) is 8.21. The van der Waals surface area contributed by atoms with Gasteiger partial charge in [-0.3, -0.25) is 0 Å². The Morgan fingerprint density at radius 2 is 2.33 bits per heavy atom. The number of nitrogen functional groups attached to an aromatic ring is 1. The van der Waals surface area contributed by atoms with Gasteiger partial charge in [0.15, 0.2) is 0 Å². The Morgan fingerprint density at radius 3 is 3.00 bits per heavy atom. The van der Waals surface area contributed by atoms with Crippen molar-refractivity contribution in [2.45, 2.75) is 6.92 Å². The summed E-state index contributed by atoms with van der Waals surface area (Å²) in [6.45, 7) is 1.91. The van der Waals surface area contributed by atoms with Gasteiger partial charge in [-0.25, -0.2) is 9.18 Å². The number of ether oxygens (including phenoxy) is 1. The molecule has 2 N–H and O–H groups in total. The van der Waals surface area contributed by atoms with Crippen LogP contribution in [0.5, 0.6) is 0 Å². The zero-order valence-electron chi connectivity index (χ0n) is 8.21. The van der Waals surface area contributed by atoms with Crippen molar-refractivity contribution in [3.8, 4) is 11.8 Å². The van der Waals surface area contributed by atoms with E-state index in [1.807, 2.05) is 0 Å². The van der Waals surface area contributed by atoms with Crippen LogP contribution >= 0.6 is 0 Å². The molecule has 3 nitrogen and oxygen atoms in total. The van der Waals surface area contributed by atoms with Gasteiger partial charge in [0, 0.05) is 11.6 Å². The molecule has 15 heavy (non-hydrogen) atoms. The lowest BCUT2D eigenvalue weighted by molar-refractivity contribution is -0.136. The molecule has 0 atom stereocenters. The maximum Gasteiger partial charge on any atom is 0.384 e. The monoisotopic (exact) mass is 207 g/mol. The molecule has 0 spiro atoms. The first-order chi connectivity index (χ1) is 7.13. The minimum atomic E-state index is -0.681. The number of carbonyl (C=O) groups excluding carboxylic acids is 1. The van der Waals surface area contributed by atoms with E-state index < -0.39 is 11.8 Å². The van der Waals surface area contributed by atoms with Crippen LogP contribution in [0.3, 0.4) is 0 Å². The number of esters is 1. The molecule has 1 aromatic carbocycles. The first-order valence-corrected chi connectivity index (χ1v) is 4.37. The van der Waals surface area contributed by atoms with Crippen molar-refractivity contribution >= 4 is 11.7 Å². The van der Waals surface area contributed by atoms with E-state index in [2.05, 4.69) is 16.6 Å². The van der Waals surface area contributed by atoms with E-state index in [9.17, 15) is 9.18 Å². The SMILES string of the molecule is CCOC(=O)C#Cc1cc(N)ccc1F. The smallest absolute Gasteiger partial charge is 0.384 e. The lowest BCUT2D eigenvalue weighted by atomic mass is 10.2. The molecule has 0 unspecified atom stereocenters. The predicted molar refractivity (Wildman–Crippen MR) is 54.3 cm³/mol. The molecular weight excluding hydrogens is 197 g/mol. The molecule has 1 rings (SSSR count). The van der Waals surface area contributed by atoms with E-state index in [1.165, 1.54) is 18.2 Å². The van der Waals surface area contributed by atoms with Crippen LogP contribution in [0.15, 0.2) is 18.2 Å². The van der Waals surface area contributed by atoms with Crippen LogP contribution in [-0.4, -0.2) is 12.6 Å². The van der Waals surface area contributed by atoms with E-state index in [0.29, 0.717) is 5.69 Å². The summed E-state index contributed by atoms with van der Waals surface area (Å²) in [5.41, 5.74) is 5.92. The van der Waals surface area contributed by atoms with Gasteiger partial charge < -0.3 is 10.5 Å². The third-order valence-corrected chi connectivity index (χ3v) is 1.57. The van der Waals surface area contributed by atoms with E-state index in [-0.39, 0.29) is 12.2 Å². The third-order valence-electron chi connectivity index (χ3n) is 1.57. The molecule has 0 aliphatic heterocycles. The minimum absolute atomic E-state index is 0.0862. The number of hydrogen-bond acceptors (Lipinski definition) is 3. The maximum absolute atomic E-state index is 13.1. The van der Waals surface area contributed by atoms with Gasteiger partial charge in [0.05, 0.1) is 12.2 Å². The molecule has 78 valence electrons. The molecule has 0 aliphatic rings. The van der Waals surface area contributed by atoms with Gasteiger partial charge in [0.2, 0.25) is 0 Å². The molecule has 0 bridgehead atoms. The van der Waals surface area contributed by atoms with E-state index in [1.54, 1.807) is 6.92 Å². The Balaban J connectivity index is 2.88. The molecule has 0 aliphatic carbocycles. The van der Waals surface area contributed by atoms with Crippen molar-refractivity contribution in [1.29, 1.82) is 0 Å². The molecular formula is C11H10FNO2. The Labute approximate surface area is 87.0 Å². The second-order valence-corrected chi connectivity index (χ2v) is 2.71. The summed E-state index contributed by atoms with van der Waals surface area (Å²) in [7, 11) is 0. The van der Waals surface area contributed by atoms with Crippen molar-refractivity contribution < 1.29 is 13.9 Å². The van der Waals surface area contributed by atoms with Crippen molar-refractivity contribution in [2.24, 2.45) is 0 Å². The Bertz CT molecular complexity index is 432. The van der Waals surface area contributed by atoms with E-state index in [4.69, 9.17) is 5.73 Å². The summed E-state index contributed by atoms with van der Waals surface area (Å²) >= 11 is 0. The highest BCUT2D eigenvalue weighted by Gasteiger charge is 1.99. The number of benzene rings is 1. The van der Waals surface area contributed by atoms with Crippen molar-refractivity contribution in [3.05, 3.63) is 29.6 Å². The fourth-order valence-corrected chi connectivity index (χ4v) is 0.924. The molecule has 0 fully saturated rings. The summed E-state index contributed by atoms with van der Waals surface area (Å²) in [6, 6.07) is 3.98. The number of halogens is 1. The lowest BCUT2D eigenvalue weighted by Gasteiger charge is -1.96. The number of carbonyl (C=O) groups is 1. The second-order valence-electron chi connectivity index (χ2n) is 2.71. The first-order valence-electron chi connectivity index (χ1n) is 4.37. The largest absolute Gasteiger partial charge is 0.456 e. The van der Waals surface area contributed by atoms with Crippen LogP contribution in [-0.2, 0) is 9.53 Å². The van der Waals surface area contributed by atoms with Gasteiger partial charge in [0.1, 0.15) is 5.82 Å². The van der Waals surface area contributed by atoms with Crippen molar-refractivity contribution in [3.63, 3.8) is 0 Å². The second kappa shape index (κ2) is 5.01. The fraction of sp³-hybridized carbons (Fsp3) is 0.182. The average molecular weight is 207 g/mol. The lowest BCUT2D eigenvalue weighted by Crippen LogP contribution is -2.00. The van der Waals surface area contributed by atoms with Crippen LogP contribution in [0.25, 0.3) is 0 Å². The normalized spacial score (nSPS) is 8.93. The number of anilines is 1. The molecule has 0 amide bonds. The standard InChI is InChI=1S/C11H10FNO2/c1-2-15-11(14)6-3-8-7-9(13)4-5-10(8)12/h4-5,7H,2,13H2,1H3. The van der Waals surface area contributed by atoms with E-state index >= 15 is 0 Å². The summed E-state index contributed by atoms with van der Waals surface area (Å²) < 4.78 is 17.7. The van der Waals surface area contributed by atoms with Crippen LogP contribution in [0.4, 0.5) is 10.1 Å². The first kappa shape index (κ1) is 11.1. The maximum atomic E-state index is 13.1. The van der Waals surface area contributed by atoms with Gasteiger partial charge in [-0.15, -0.1) is 0 Å². The summed E-state index contributed by atoms with van der Waals surface area (Å²) in [5.74, 6) is 3.33. The van der Waals surface area contributed by atoms with Gasteiger partial charge in [-0.1, -0.05) is 5.92 Å². The number of hydrogen-bond donors (Lipinski definition) is 1. The molecule has 1 aromatic rings. The van der Waals surface area contributed by atoms with Crippen LogP contribution in [0.1, 0.15) is 12.5 Å². The number of nitrogens with two attached hydrogens (primary N) is 1. The minimum Gasteiger partial charge on any atom is -0.456 e. The van der Waals surface area contributed by atoms with Crippen molar-refractivity contribution in [1.82, 2.24) is 0 Å². The highest BCUT2D eigenvalue weighted by atomic mass is 19.1. The highest BCUT2D eigenvalue weighted by Crippen LogP contribution is 2.10. The van der Waals surface area contributed by atoms with Crippen LogP contribution in [0, 0.1) is 17.7 Å². The van der Waals surface area contributed by atoms with E-state index in [0.717, 1.165) is 0 Å². The van der Waals surface area contributed by atoms with Crippen LogP contribution < -0.4 is 5.73 Å². The molecule has 0 heterocycles. The number of rotatable bonds is 1. The molecule has 0 saturated carbocycles. The molecule has 0 saturated heterocycles. The average Bonchev–Trinajstić information content (AvgIpc) is 2.20. The molecule has 0 radical (unpaired) electrons. The summed E-state index contributed by atoms with van der Waals surface area (Å²) in [6.07, 6.45) is 0. The van der Waals surface area contributed by atoms with Gasteiger partial charge >= 0.3 is 5.97 Å². The Hall–Kier alpha value is -2.02. The molecule has 4 heteroatoms. The van der Waals surface area contributed by atoms with Crippen molar-refractivity contribution in [2.75, 3.05) is 12.3 Å². The fourth-order valence-electron chi connectivity index (χ4n) is 0.924. The topological polar surface area (TPSA) is 52.3 Å². The van der Waals surface area contributed by atoms with Gasteiger partial charge in [-0.05, 0) is 25.1 Å².